The number of hydrogen-bond acceptors (Lipinski definition) is 7. The second-order valence-electron chi connectivity index (χ2n) is 8.87. The summed E-state index contributed by atoms with van der Waals surface area (Å²) in [7, 11) is 0. The number of rotatable bonds is 9. The monoisotopic (exact) mass is 655 g/mol. The van der Waals surface area contributed by atoms with Crippen molar-refractivity contribution in [1.29, 1.82) is 0 Å². The molecule has 2 saturated heterocycles. The van der Waals surface area contributed by atoms with Crippen LogP contribution in [-0.2, 0) is 24.6 Å². The van der Waals surface area contributed by atoms with E-state index in [0.29, 0.717) is 29.5 Å². The molecule has 2 fully saturated rings. The first-order valence-electron chi connectivity index (χ1n) is 11.5. The maximum absolute atomic E-state index is 12.2. The van der Waals surface area contributed by atoms with Gasteiger partial charge in [-0.15, -0.1) is 6.54 Å². The Bertz CT molecular complexity index is 725. The topological polar surface area (TPSA) is 83.7 Å². The van der Waals surface area contributed by atoms with E-state index in [-0.39, 0.29) is 38.0 Å². The number of halogens is 1. The summed E-state index contributed by atoms with van der Waals surface area (Å²) in [5.41, 5.74) is 1.59. The molecule has 33 heavy (non-hydrogen) atoms. The van der Waals surface area contributed by atoms with E-state index in [9.17, 15) is 4.79 Å². The Morgan fingerprint density at radius 1 is 1.24 bits per heavy atom. The van der Waals surface area contributed by atoms with Gasteiger partial charge in [-0.25, -0.2) is 6.67 Å². The zero-order valence-electron chi connectivity index (χ0n) is 20.0. The first kappa shape index (κ1) is 28.5. The van der Waals surface area contributed by atoms with Gasteiger partial charge in [-0.05, 0) is 39.3 Å². The molecule has 10 heteroatoms. The summed E-state index contributed by atoms with van der Waals surface area (Å²) in [6.45, 7) is 15.2. The number of nitrogens with zero attached hydrogens (tertiary/aromatic N) is 2. The molecule has 8 nitrogen and oxygen atoms in total. The molecule has 186 valence electrons. The molecule has 0 spiro atoms. The number of benzene rings is 1. The third-order valence-corrected chi connectivity index (χ3v) is 6.45. The number of piperazine rings is 1. The molecule has 1 amide bonds. The Morgan fingerprint density at radius 2 is 1.97 bits per heavy atom. The Hall–Kier alpha value is -0.754. The molecule has 1 aromatic rings. The number of amides is 1. The van der Waals surface area contributed by atoms with Crippen molar-refractivity contribution in [2.24, 2.45) is 0 Å². The Labute approximate surface area is 217 Å². The number of para-hydroxylation sites is 1. The second kappa shape index (κ2) is 14.0. The Balaban J connectivity index is 0.00000385. The largest absolute Gasteiger partial charge is 2.00 e. The molecule has 1 aromatic carbocycles. The smallest absolute Gasteiger partial charge is 0.479 e. The third-order valence-electron chi connectivity index (χ3n) is 6.13. The van der Waals surface area contributed by atoms with Crippen LogP contribution in [0, 0.1) is 20.0 Å². The van der Waals surface area contributed by atoms with Gasteiger partial charge < -0.3 is 20.7 Å². The van der Waals surface area contributed by atoms with E-state index in [1.165, 1.54) is 0 Å². The van der Waals surface area contributed by atoms with Gasteiger partial charge in [0.15, 0.2) is 0 Å². The quantitative estimate of drug-likeness (QED) is 0.205. The molecule has 2 aliphatic rings. The van der Waals surface area contributed by atoms with Crippen molar-refractivity contribution in [2.45, 2.75) is 58.7 Å². The van der Waals surface area contributed by atoms with E-state index >= 15 is 0 Å². The van der Waals surface area contributed by atoms with E-state index in [4.69, 9.17) is 11.6 Å². The van der Waals surface area contributed by atoms with Gasteiger partial charge >= 0.3 is 19.8 Å². The van der Waals surface area contributed by atoms with Crippen LogP contribution in [0.15, 0.2) is 18.2 Å². The van der Waals surface area contributed by atoms with Gasteiger partial charge in [0.05, 0.1) is 28.9 Å². The van der Waals surface area contributed by atoms with Crippen molar-refractivity contribution in [2.75, 3.05) is 38.0 Å². The van der Waals surface area contributed by atoms with Gasteiger partial charge in [0, 0.05) is 44.8 Å². The zero-order valence-corrected chi connectivity index (χ0v) is 23.3. The molecule has 0 radical (unpaired) electrons. The zero-order chi connectivity index (χ0) is 23.1. The summed E-state index contributed by atoms with van der Waals surface area (Å²) in [6.07, 6.45) is 3.25. The van der Waals surface area contributed by atoms with Crippen molar-refractivity contribution in [1.82, 2.24) is 31.1 Å². The van der Waals surface area contributed by atoms with Crippen molar-refractivity contribution >= 4 is 23.2 Å². The summed E-state index contributed by atoms with van der Waals surface area (Å²) in [5.74, 6) is -0.184. The fourth-order valence-electron chi connectivity index (χ4n) is 4.27. The molecule has 2 heterocycles. The molecular formula is C23H38ClN7OOs. The van der Waals surface area contributed by atoms with E-state index in [1.807, 2.05) is 25.7 Å². The summed E-state index contributed by atoms with van der Waals surface area (Å²) in [4.78, 5) is 17.3. The van der Waals surface area contributed by atoms with Gasteiger partial charge in [-0.3, -0.25) is 26.9 Å². The number of carbonyl (C=O) groups is 1. The average Bonchev–Trinajstić information content (AvgIpc) is 2.76. The normalized spacial score (nSPS) is 24.4. The van der Waals surface area contributed by atoms with Crippen LogP contribution in [0.5, 0.6) is 0 Å². The minimum absolute atomic E-state index is 0. The molecule has 0 aromatic heterocycles. The van der Waals surface area contributed by atoms with E-state index in [0.717, 1.165) is 38.2 Å². The third kappa shape index (κ3) is 8.76. The van der Waals surface area contributed by atoms with Gasteiger partial charge in [0.2, 0.25) is 0 Å². The molecule has 3 rings (SSSR count). The fraction of sp³-hybridized carbons (Fsp3) is 0.609. The van der Waals surface area contributed by atoms with Crippen LogP contribution in [0.3, 0.4) is 0 Å². The Kier molecular flexibility index (Phi) is 12.1. The molecule has 0 saturated carbocycles. The predicted molar refractivity (Wildman–Crippen MR) is 131 cm³/mol. The molecule has 0 bridgehead atoms. The summed E-state index contributed by atoms with van der Waals surface area (Å²) in [6, 6.07) is 6.16. The number of carbonyl (C=O) groups excluding carboxylic acids is 1. The number of anilines is 1. The van der Waals surface area contributed by atoms with Crippen LogP contribution in [0.4, 0.5) is 5.69 Å². The first-order valence-corrected chi connectivity index (χ1v) is 11.9. The van der Waals surface area contributed by atoms with E-state index in [1.54, 1.807) is 12.5 Å². The van der Waals surface area contributed by atoms with Gasteiger partial charge in [0.1, 0.15) is 0 Å². The molecule has 2 aliphatic heterocycles. The average molecular weight is 654 g/mol. The molecule has 3 atom stereocenters. The van der Waals surface area contributed by atoms with Crippen LogP contribution in [0.2, 0.25) is 5.02 Å². The van der Waals surface area contributed by atoms with Crippen molar-refractivity contribution in [3.8, 4) is 0 Å². The summed E-state index contributed by atoms with van der Waals surface area (Å²) >= 11 is 6.17. The number of hydrogen-bond donors (Lipinski definition) is 5. The van der Waals surface area contributed by atoms with Crippen molar-refractivity contribution in [3.63, 3.8) is 0 Å². The van der Waals surface area contributed by atoms with Crippen LogP contribution in [0.1, 0.15) is 32.8 Å². The van der Waals surface area contributed by atoms with E-state index in [2.05, 4.69) is 57.2 Å². The van der Waals surface area contributed by atoms with Gasteiger partial charge in [-0.2, -0.15) is 0 Å². The minimum atomic E-state index is -0.184. The minimum Gasteiger partial charge on any atom is -0.479 e. The van der Waals surface area contributed by atoms with Crippen molar-refractivity contribution < 1.29 is 24.6 Å². The second-order valence-corrected chi connectivity index (χ2v) is 9.28. The van der Waals surface area contributed by atoms with Gasteiger partial charge in [0.25, 0.3) is 0 Å². The molecule has 5 N–H and O–H groups in total. The SMILES string of the molecule is Cc1cccc(Cl)c1NC(=O)[CH-]CN[CH-]NC1CC(N2CCN(C(C)C)CC2)NC(C)N1.[Os+2]. The molecular weight excluding hydrogens is 616 g/mol. The summed E-state index contributed by atoms with van der Waals surface area (Å²) in [5, 5.41) is 17.1. The van der Waals surface area contributed by atoms with Crippen molar-refractivity contribution in [3.05, 3.63) is 41.9 Å². The maximum atomic E-state index is 12.2. The molecule has 0 aliphatic carbocycles. The van der Waals surface area contributed by atoms with Crippen LogP contribution in [0.25, 0.3) is 0 Å². The van der Waals surface area contributed by atoms with Gasteiger partial charge in [-0.1, -0.05) is 23.7 Å². The van der Waals surface area contributed by atoms with Crippen LogP contribution in [-0.4, -0.2) is 73.0 Å². The van der Waals surface area contributed by atoms with Crippen LogP contribution >= 0.6 is 11.6 Å². The predicted octanol–water partition coefficient (Wildman–Crippen LogP) is 1.69. The number of nitrogens with one attached hydrogen (secondary N) is 5. The maximum Gasteiger partial charge on any atom is 2.00 e. The standard InChI is InChI=1S/C23H38ClN7O.Os/c1-16(2)30-10-12-31(13-11-30)21-14-20(27-18(4)28-21)26-15-25-9-8-22(32)29-23-17(3)6-5-7-19(23)24;/h5-8,15-16,18,20-21,25-28H,9-14H2,1-4H3,(H,29,32);/q-2;+2. The molecule has 3 unspecified atom stereocenters. The summed E-state index contributed by atoms with van der Waals surface area (Å²) < 4.78 is 0. The van der Waals surface area contributed by atoms with Crippen LogP contribution < -0.4 is 26.6 Å². The van der Waals surface area contributed by atoms with E-state index < -0.39 is 0 Å². The fourth-order valence-corrected chi connectivity index (χ4v) is 4.54. The first-order chi connectivity index (χ1) is 15.3. The Morgan fingerprint density at radius 3 is 2.64 bits per heavy atom. The number of aryl methyl sites for hydroxylation is 1.